The van der Waals surface area contributed by atoms with Gasteiger partial charge in [-0.15, -0.1) is 11.8 Å². The fraction of sp³-hybridized carbons (Fsp3) is 0.286. The van der Waals surface area contributed by atoms with E-state index < -0.39 is 5.97 Å². The predicted molar refractivity (Wildman–Crippen MR) is 44.2 cm³/mol. The molecule has 11 heavy (non-hydrogen) atoms. The lowest BCUT2D eigenvalue weighted by atomic mass is 10.4. The van der Waals surface area contributed by atoms with Crippen molar-refractivity contribution in [1.82, 2.24) is 4.57 Å². The number of thioether (sulfide) groups is 1. The summed E-state index contributed by atoms with van der Waals surface area (Å²) in [5.74, 6) is -0.882. The van der Waals surface area contributed by atoms with Crippen molar-refractivity contribution in [3.8, 4) is 0 Å². The van der Waals surface area contributed by atoms with Gasteiger partial charge in [0.15, 0.2) is 0 Å². The van der Waals surface area contributed by atoms with Gasteiger partial charge in [-0.25, -0.2) is 4.79 Å². The molecule has 0 saturated carbocycles. The number of hydrogen-bond acceptors (Lipinski definition) is 2. The third kappa shape index (κ3) is 1.40. The third-order valence-electron chi connectivity index (χ3n) is 1.50. The summed E-state index contributed by atoms with van der Waals surface area (Å²) in [6.07, 6.45) is 1.92. The second-order valence-corrected chi connectivity index (χ2v) is 2.95. The molecule has 0 fully saturated rings. The van der Waals surface area contributed by atoms with Crippen molar-refractivity contribution in [3.05, 3.63) is 17.8 Å². The van der Waals surface area contributed by atoms with Crippen LogP contribution in [-0.4, -0.2) is 21.9 Å². The van der Waals surface area contributed by atoms with Crippen molar-refractivity contribution in [2.24, 2.45) is 7.05 Å². The molecule has 0 aliphatic rings. The molecule has 0 unspecified atom stereocenters. The van der Waals surface area contributed by atoms with E-state index in [4.69, 9.17) is 5.11 Å². The zero-order valence-corrected chi connectivity index (χ0v) is 7.18. The van der Waals surface area contributed by atoms with Crippen molar-refractivity contribution >= 4 is 17.7 Å². The molecular formula is C7H9NO2S. The standard InChI is InChI=1S/C7H9NO2S/c1-8-5(7(9)10)3-4-6(8)11-2/h3-4H,1-2H3,(H,9,10). The van der Waals surface area contributed by atoms with Crippen LogP contribution in [0.25, 0.3) is 0 Å². The molecule has 0 bridgehead atoms. The molecule has 0 aromatic carbocycles. The van der Waals surface area contributed by atoms with Gasteiger partial charge >= 0.3 is 5.97 Å². The third-order valence-corrected chi connectivity index (χ3v) is 2.33. The Kier molecular flexibility index (Phi) is 2.24. The largest absolute Gasteiger partial charge is 0.477 e. The molecule has 0 aliphatic carbocycles. The van der Waals surface area contributed by atoms with E-state index in [1.54, 1.807) is 23.7 Å². The zero-order chi connectivity index (χ0) is 8.43. The van der Waals surface area contributed by atoms with Crippen LogP contribution in [0.5, 0.6) is 0 Å². The molecule has 0 spiro atoms. The molecule has 0 saturated heterocycles. The van der Waals surface area contributed by atoms with Gasteiger partial charge in [0, 0.05) is 7.05 Å². The number of aromatic nitrogens is 1. The van der Waals surface area contributed by atoms with E-state index in [2.05, 4.69) is 0 Å². The number of hydrogen-bond donors (Lipinski definition) is 1. The Hall–Kier alpha value is -0.900. The van der Waals surface area contributed by atoms with Crippen LogP contribution in [0.1, 0.15) is 10.5 Å². The maximum Gasteiger partial charge on any atom is 0.352 e. The van der Waals surface area contributed by atoms with Gasteiger partial charge in [0.1, 0.15) is 5.69 Å². The molecule has 1 N–H and O–H groups in total. The van der Waals surface area contributed by atoms with Crippen LogP contribution in [0.3, 0.4) is 0 Å². The average Bonchev–Trinajstić information content (AvgIpc) is 2.30. The summed E-state index contributed by atoms with van der Waals surface area (Å²) in [6, 6.07) is 3.41. The molecule has 0 radical (unpaired) electrons. The predicted octanol–water partition coefficient (Wildman–Crippen LogP) is 1.45. The highest BCUT2D eigenvalue weighted by molar-refractivity contribution is 7.98. The van der Waals surface area contributed by atoms with Crippen LogP contribution in [-0.2, 0) is 7.05 Å². The quantitative estimate of drug-likeness (QED) is 0.685. The summed E-state index contributed by atoms with van der Waals surface area (Å²) in [6.45, 7) is 0. The van der Waals surface area contributed by atoms with Gasteiger partial charge < -0.3 is 9.67 Å². The van der Waals surface area contributed by atoms with Gasteiger partial charge in [0.2, 0.25) is 0 Å². The van der Waals surface area contributed by atoms with E-state index in [0.29, 0.717) is 5.69 Å². The molecule has 0 atom stereocenters. The van der Waals surface area contributed by atoms with Crippen molar-refractivity contribution < 1.29 is 9.90 Å². The highest BCUT2D eigenvalue weighted by Gasteiger charge is 2.08. The van der Waals surface area contributed by atoms with Crippen molar-refractivity contribution in [2.45, 2.75) is 5.03 Å². The van der Waals surface area contributed by atoms with E-state index in [0.717, 1.165) is 5.03 Å². The van der Waals surface area contributed by atoms with Gasteiger partial charge in [-0.3, -0.25) is 0 Å². The first-order chi connectivity index (χ1) is 5.16. The first-order valence-electron chi connectivity index (χ1n) is 3.10. The maximum atomic E-state index is 10.5. The average molecular weight is 171 g/mol. The van der Waals surface area contributed by atoms with Crippen LogP contribution >= 0.6 is 11.8 Å². The molecule has 0 amide bonds. The summed E-state index contributed by atoms with van der Waals surface area (Å²) in [7, 11) is 1.75. The van der Waals surface area contributed by atoms with Crippen LogP contribution in [0, 0.1) is 0 Å². The first kappa shape index (κ1) is 8.20. The van der Waals surface area contributed by atoms with Crippen LogP contribution in [0.4, 0.5) is 0 Å². The van der Waals surface area contributed by atoms with Gasteiger partial charge in [0.25, 0.3) is 0 Å². The van der Waals surface area contributed by atoms with E-state index in [-0.39, 0.29) is 0 Å². The summed E-state index contributed by atoms with van der Waals surface area (Å²) < 4.78 is 1.66. The maximum absolute atomic E-state index is 10.5. The first-order valence-corrected chi connectivity index (χ1v) is 4.32. The monoisotopic (exact) mass is 171 g/mol. The van der Waals surface area contributed by atoms with Crippen LogP contribution in [0.15, 0.2) is 17.2 Å². The molecule has 3 nitrogen and oxygen atoms in total. The lowest BCUT2D eigenvalue weighted by Gasteiger charge is -2.00. The topological polar surface area (TPSA) is 42.2 Å². The summed E-state index contributed by atoms with van der Waals surface area (Å²) in [5.41, 5.74) is 0.328. The van der Waals surface area contributed by atoms with E-state index in [1.165, 1.54) is 11.8 Å². The van der Waals surface area contributed by atoms with Crippen molar-refractivity contribution in [3.63, 3.8) is 0 Å². The Morgan fingerprint density at radius 3 is 2.55 bits per heavy atom. The minimum atomic E-state index is -0.882. The zero-order valence-electron chi connectivity index (χ0n) is 6.37. The fourth-order valence-electron chi connectivity index (χ4n) is 0.912. The summed E-state index contributed by atoms with van der Waals surface area (Å²) in [4.78, 5) is 10.5. The van der Waals surface area contributed by atoms with Crippen LogP contribution in [0.2, 0.25) is 0 Å². The number of aromatic carboxylic acids is 1. The van der Waals surface area contributed by atoms with E-state index >= 15 is 0 Å². The molecule has 60 valence electrons. The number of nitrogens with zero attached hydrogens (tertiary/aromatic N) is 1. The number of carbonyl (C=O) groups is 1. The molecule has 1 aromatic rings. The fourth-order valence-corrected chi connectivity index (χ4v) is 1.49. The smallest absolute Gasteiger partial charge is 0.352 e. The highest BCUT2D eigenvalue weighted by atomic mass is 32.2. The minimum absolute atomic E-state index is 0.328. The number of carboxylic acids is 1. The molecule has 1 rings (SSSR count). The molecule has 0 aliphatic heterocycles. The highest BCUT2D eigenvalue weighted by Crippen LogP contribution is 2.16. The number of rotatable bonds is 2. The summed E-state index contributed by atoms with van der Waals surface area (Å²) >= 11 is 1.53. The Morgan fingerprint density at radius 1 is 1.64 bits per heavy atom. The Morgan fingerprint density at radius 2 is 2.27 bits per heavy atom. The van der Waals surface area contributed by atoms with Gasteiger partial charge in [-0.05, 0) is 18.4 Å². The lowest BCUT2D eigenvalue weighted by Crippen LogP contribution is -2.04. The van der Waals surface area contributed by atoms with Gasteiger partial charge in [-0.2, -0.15) is 0 Å². The number of carboxylic acid groups (broad SMARTS) is 1. The molecule has 4 heteroatoms. The van der Waals surface area contributed by atoms with Gasteiger partial charge in [0.05, 0.1) is 5.03 Å². The second kappa shape index (κ2) is 3.00. The van der Waals surface area contributed by atoms with E-state index in [1.807, 2.05) is 6.26 Å². The molecule has 1 aromatic heterocycles. The normalized spacial score (nSPS) is 10.0. The summed E-state index contributed by atoms with van der Waals surface area (Å²) in [5, 5.41) is 9.60. The SMILES string of the molecule is CSc1ccc(C(=O)O)n1C. The Labute approximate surface area is 69.0 Å². The Bertz CT molecular complexity index is 280. The van der Waals surface area contributed by atoms with E-state index in [9.17, 15) is 4.79 Å². The lowest BCUT2D eigenvalue weighted by molar-refractivity contribution is 0.0685. The molecular weight excluding hydrogens is 162 g/mol. The minimum Gasteiger partial charge on any atom is -0.477 e. The Balaban J connectivity index is 3.10. The second-order valence-electron chi connectivity index (χ2n) is 2.13. The molecule has 1 heterocycles. The van der Waals surface area contributed by atoms with Crippen molar-refractivity contribution in [2.75, 3.05) is 6.26 Å². The van der Waals surface area contributed by atoms with Gasteiger partial charge in [-0.1, -0.05) is 0 Å². The van der Waals surface area contributed by atoms with Crippen molar-refractivity contribution in [1.29, 1.82) is 0 Å². The van der Waals surface area contributed by atoms with Crippen LogP contribution < -0.4 is 0 Å².